The van der Waals surface area contributed by atoms with Crippen molar-refractivity contribution in [2.24, 2.45) is 5.92 Å². The zero-order chi connectivity index (χ0) is 13.8. The second-order valence-corrected chi connectivity index (χ2v) is 5.62. The van der Waals surface area contributed by atoms with Crippen LogP contribution in [0.3, 0.4) is 0 Å². The van der Waals surface area contributed by atoms with Gasteiger partial charge in [0.2, 0.25) is 0 Å². The predicted molar refractivity (Wildman–Crippen MR) is 76.3 cm³/mol. The minimum absolute atomic E-state index is 0.298. The zero-order valence-electron chi connectivity index (χ0n) is 12.1. The fourth-order valence-corrected chi connectivity index (χ4v) is 2.31. The van der Waals surface area contributed by atoms with Gasteiger partial charge in [-0.25, -0.2) is 0 Å². The second kappa shape index (κ2) is 6.02. The lowest BCUT2D eigenvalue weighted by Crippen LogP contribution is -2.38. The average Bonchev–Trinajstić information content (AvgIpc) is 2.36. The summed E-state index contributed by atoms with van der Waals surface area (Å²) in [6.07, 6.45) is 0.859. The lowest BCUT2D eigenvalue weighted by atomic mass is 9.69. The predicted octanol–water partition coefficient (Wildman–Crippen LogP) is 3.44. The molecule has 2 atom stereocenters. The van der Waals surface area contributed by atoms with Crippen LogP contribution in [0, 0.1) is 17.2 Å². The molecule has 0 amide bonds. The van der Waals surface area contributed by atoms with E-state index in [0.717, 1.165) is 12.0 Å². The van der Waals surface area contributed by atoms with Crippen molar-refractivity contribution in [1.82, 2.24) is 4.90 Å². The van der Waals surface area contributed by atoms with E-state index in [1.807, 2.05) is 18.2 Å². The first-order valence-corrected chi connectivity index (χ1v) is 6.57. The minimum atomic E-state index is -0.398. The quantitative estimate of drug-likeness (QED) is 0.793. The number of rotatable bonds is 5. The molecule has 1 aromatic carbocycles. The van der Waals surface area contributed by atoms with Crippen LogP contribution in [0.5, 0.6) is 0 Å². The van der Waals surface area contributed by atoms with Gasteiger partial charge in [-0.2, -0.15) is 5.26 Å². The Hall–Kier alpha value is -1.33. The Kier molecular flexibility index (Phi) is 4.93. The van der Waals surface area contributed by atoms with Crippen LogP contribution in [0.2, 0.25) is 0 Å². The van der Waals surface area contributed by atoms with E-state index in [2.05, 4.69) is 58.0 Å². The van der Waals surface area contributed by atoms with Gasteiger partial charge in [0.1, 0.15) is 0 Å². The molecule has 0 saturated carbocycles. The maximum Gasteiger partial charge on any atom is 0.0859 e. The number of hydrogen-bond donors (Lipinski definition) is 0. The van der Waals surface area contributed by atoms with Crippen LogP contribution in [0.4, 0.5) is 0 Å². The van der Waals surface area contributed by atoms with Gasteiger partial charge in [-0.15, -0.1) is 0 Å². The van der Waals surface area contributed by atoms with Crippen LogP contribution in [-0.2, 0) is 5.41 Å². The van der Waals surface area contributed by atoms with E-state index in [-0.39, 0.29) is 0 Å². The Balaban J connectivity index is 3.16. The van der Waals surface area contributed by atoms with Gasteiger partial charge >= 0.3 is 0 Å². The molecule has 0 spiro atoms. The summed E-state index contributed by atoms with van der Waals surface area (Å²) in [5.41, 5.74) is 0.738. The Bertz CT molecular complexity index is 403. The summed E-state index contributed by atoms with van der Waals surface area (Å²) in [5, 5.41) is 9.76. The topological polar surface area (TPSA) is 27.0 Å². The highest BCUT2D eigenvalue weighted by atomic mass is 15.1. The highest BCUT2D eigenvalue weighted by Gasteiger charge is 2.37. The van der Waals surface area contributed by atoms with E-state index in [9.17, 15) is 5.26 Å². The van der Waals surface area contributed by atoms with Gasteiger partial charge in [0.25, 0.3) is 0 Å². The number of hydrogen-bond acceptors (Lipinski definition) is 2. The maximum absolute atomic E-state index is 9.76. The van der Waals surface area contributed by atoms with Gasteiger partial charge in [-0.05, 0) is 38.9 Å². The summed E-state index contributed by atoms with van der Waals surface area (Å²) in [6.45, 7) is 6.45. The standard InChI is InChI=1S/C16H24N2/c1-13(2)16(12-17,11-14(3)18(4)5)15-9-7-6-8-10-15/h6-10,13-14H,11H2,1-5H3/t14-,16+/m0/s1. The van der Waals surface area contributed by atoms with Crippen molar-refractivity contribution in [2.75, 3.05) is 14.1 Å². The van der Waals surface area contributed by atoms with Crippen LogP contribution in [0.25, 0.3) is 0 Å². The van der Waals surface area contributed by atoms with E-state index >= 15 is 0 Å². The highest BCUT2D eigenvalue weighted by Crippen LogP contribution is 2.36. The first kappa shape index (κ1) is 14.7. The molecule has 2 heteroatoms. The third-order valence-corrected chi connectivity index (χ3v) is 3.97. The molecule has 0 aliphatic rings. The van der Waals surface area contributed by atoms with Crippen LogP contribution in [0.1, 0.15) is 32.8 Å². The SMILES string of the molecule is CC(C)[C@](C#N)(C[C@H](C)N(C)C)c1ccccc1. The van der Waals surface area contributed by atoms with E-state index < -0.39 is 5.41 Å². The molecule has 0 bridgehead atoms. The normalized spacial score (nSPS) is 16.3. The van der Waals surface area contributed by atoms with Crippen molar-refractivity contribution in [2.45, 2.75) is 38.6 Å². The van der Waals surface area contributed by atoms with Crippen LogP contribution < -0.4 is 0 Å². The van der Waals surface area contributed by atoms with Crippen molar-refractivity contribution in [3.05, 3.63) is 35.9 Å². The molecular weight excluding hydrogens is 220 g/mol. The molecule has 18 heavy (non-hydrogen) atoms. The van der Waals surface area contributed by atoms with E-state index in [4.69, 9.17) is 0 Å². The van der Waals surface area contributed by atoms with E-state index in [1.165, 1.54) is 0 Å². The Morgan fingerprint density at radius 1 is 1.17 bits per heavy atom. The van der Waals surface area contributed by atoms with Crippen LogP contribution in [0.15, 0.2) is 30.3 Å². The summed E-state index contributed by atoms with van der Waals surface area (Å²) < 4.78 is 0. The van der Waals surface area contributed by atoms with E-state index in [0.29, 0.717) is 12.0 Å². The molecule has 98 valence electrons. The summed E-state index contributed by atoms with van der Waals surface area (Å²) in [4.78, 5) is 2.18. The summed E-state index contributed by atoms with van der Waals surface area (Å²) in [6, 6.07) is 13.2. The fourth-order valence-electron chi connectivity index (χ4n) is 2.31. The van der Waals surface area contributed by atoms with Crippen molar-refractivity contribution in [3.63, 3.8) is 0 Å². The summed E-state index contributed by atoms with van der Waals surface area (Å²) in [5.74, 6) is 0.298. The molecule has 0 heterocycles. The third-order valence-electron chi connectivity index (χ3n) is 3.97. The minimum Gasteiger partial charge on any atom is -0.307 e. The fraction of sp³-hybridized carbons (Fsp3) is 0.562. The monoisotopic (exact) mass is 244 g/mol. The molecule has 0 N–H and O–H groups in total. The molecule has 1 aromatic rings. The zero-order valence-corrected chi connectivity index (χ0v) is 12.1. The molecule has 2 nitrogen and oxygen atoms in total. The molecule has 0 radical (unpaired) electrons. The lowest BCUT2D eigenvalue weighted by molar-refractivity contribution is 0.233. The summed E-state index contributed by atoms with van der Waals surface area (Å²) >= 11 is 0. The van der Waals surface area contributed by atoms with Crippen LogP contribution >= 0.6 is 0 Å². The largest absolute Gasteiger partial charge is 0.307 e. The van der Waals surface area contributed by atoms with Gasteiger partial charge < -0.3 is 4.90 Å². The van der Waals surface area contributed by atoms with Crippen molar-refractivity contribution in [1.29, 1.82) is 5.26 Å². The summed E-state index contributed by atoms with van der Waals surface area (Å²) in [7, 11) is 4.14. The maximum atomic E-state index is 9.76. The Labute approximate surface area is 111 Å². The highest BCUT2D eigenvalue weighted by molar-refractivity contribution is 5.33. The molecule has 0 fully saturated rings. The van der Waals surface area contributed by atoms with Gasteiger partial charge in [-0.1, -0.05) is 44.2 Å². The first-order chi connectivity index (χ1) is 8.44. The van der Waals surface area contributed by atoms with Gasteiger partial charge in [0.05, 0.1) is 11.5 Å². The van der Waals surface area contributed by atoms with Crippen LogP contribution in [-0.4, -0.2) is 25.0 Å². The second-order valence-electron chi connectivity index (χ2n) is 5.62. The smallest absolute Gasteiger partial charge is 0.0859 e. The number of nitriles is 1. The van der Waals surface area contributed by atoms with Gasteiger partial charge in [-0.3, -0.25) is 0 Å². The Morgan fingerprint density at radius 2 is 1.72 bits per heavy atom. The Morgan fingerprint density at radius 3 is 2.11 bits per heavy atom. The lowest BCUT2D eigenvalue weighted by Gasteiger charge is -2.35. The molecular formula is C16H24N2. The molecule has 0 aliphatic carbocycles. The van der Waals surface area contributed by atoms with E-state index in [1.54, 1.807) is 0 Å². The van der Waals surface area contributed by atoms with Crippen molar-refractivity contribution in [3.8, 4) is 6.07 Å². The third kappa shape index (κ3) is 2.91. The first-order valence-electron chi connectivity index (χ1n) is 6.57. The number of nitrogens with zero attached hydrogens (tertiary/aromatic N) is 2. The molecule has 0 aromatic heterocycles. The number of benzene rings is 1. The average molecular weight is 244 g/mol. The molecule has 1 rings (SSSR count). The van der Waals surface area contributed by atoms with Gasteiger partial charge in [0.15, 0.2) is 0 Å². The molecule has 0 saturated heterocycles. The van der Waals surface area contributed by atoms with Crippen molar-refractivity contribution < 1.29 is 0 Å². The molecule has 0 aliphatic heterocycles. The van der Waals surface area contributed by atoms with Crippen molar-refractivity contribution >= 4 is 0 Å². The van der Waals surface area contributed by atoms with Gasteiger partial charge in [0, 0.05) is 6.04 Å². The molecule has 0 unspecified atom stereocenters.